The van der Waals surface area contributed by atoms with E-state index in [2.05, 4.69) is 10.4 Å². The van der Waals surface area contributed by atoms with E-state index < -0.39 is 11.4 Å². The normalized spacial score (nSPS) is 11.5. The van der Waals surface area contributed by atoms with Gasteiger partial charge in [-0.1, -0.05) is 0 Å². The van der Waals surface area contributed by atoms with Gasteiger partial charge in [-0.05, 0) is 20.8 Å². The molecule has 1 aromatic heterocycles. The van der Waals surface area contributed by atoms with Gasteiger partial charge in [0.1, 0.15) is 11.4 Å². The number of nitrogens with one attached hydrogen (secondary N) is 1. The van der Waals surface area contributed by atoms with E-state index in [1.54, 1.807) is 32.5 Å². The number of nitrogens with zero attached hydrogens (tertiary/aromatic N) is 2. The van der Waals surface area contributed by atoms with Gasteiger partial charge in [0.25, 0.3) is 0 Å². The summed E-state index contributed by atoms with van der Waals surface area (Å²) in [5, 5.41) is 7.11. The molecule has 0 radical (unpaired) electrons. The van der Waals surface area contributed by atoms with Crippen LogP contribution in [0.25, 0.3) is 0 Å². The van der Waals surface area contributed by atoms with Gasteiger partial charge in [-0.15, -0.1) is 0 Å². The van der Waals surface area contributed by atoms with Crippen LogP contribution in [-0.4, -0.2) is 21.2 Å². The molecular weight excluding hydrogens is 194 g/mol. The molecule has 1 aromatic rings. The topological polar surface area (TPSA) is 99.0 Å². The van der Waals surface area contributed by atoms with Crippen molar-refractivity contribution in [2.45, 2.75) is 26.3 Å². The van der Waals surface area contributed by atoms with E-state index in [0.29, 0.717) is 11.5 Å². The Bertz CT molecular complexity index is 393. The number of nitrogen functional groups attached to an aromatic ring is 1. The van der Waals surface area contributed by atoms with E-state index >= 15 is 0 Å². The number of hydrogen-bond acceptors (Lipinski definition) is 4. The van der Waals surface area contributed by atoms with Crippen LogP contribution in [0, 0.1) is 6.92 Å². The lowest BCUT2D eigenvalue weighted by Crippen LogP contribution is -2.45. The van der Waals surface area contributed by atoms with Gasteiger partial charge in [0, 0.05) is 7.05 Å². The third-order valence-electron chi connectivity index (χ3n) is 2.32. The van der Waals surface area contributed by atoms with Crippen LogP contribution < -0.4 is 16.8 Å². The molecule has 0 aliphatic heterocycles. The summed E-state index contributed by atoms with van der Waals surface area (Å²) >= 11 is 0. The van der Waals surface area contributed by atoms with E-state index in [0.717, 1.165) is 5.69 Å². The summed E-state index contributed by atoms with van der Waals surface area (Å²) < 4.78 is 1.59. The first-order valence-corrected chi connectivity index (χ1v) is 4.63. The Morgan fingerprint density at radius 3 is 2.40 bits per heavy atom. The Labute approximate surface area is 88.6 Å². The number of rotatable bonds is 3. The SMILES string of the molecule is Cc1nn(C)c(NC(C)(C)C(N)=O)c1N. The second kappa shape index (κ2) is 3.45. The number of carbonyl (C=O) groups is 1. The molecule has 15 heavy (non-hydrogen) atoms. The number of anilines is 2. The van der Waals surface area contributed by atoms with Crippen LogP contribution in [0.4, 0.5) is 11.5 Å². The number of amides is 1. The van der Waals surface area contributed by atoms with Crippen molar-refractivity contribution in [1.29, 1.82) is 0 Å². The Morgan fingerprint density at radius 1 is 1.53 bits per heavy atom. The molecule has 5 N–H and O–H groups in total. The minimum atomic E-state index is -0.853. The van der Waals surface area contributed by atoms with Crippen molar-refractivity contribution in [3.8, 4) is 0 Å². The van der Waals surface area contributed by atoms with Crippen LogP contribution in [0.1, 0.15) is 19.5 Å². The lowest BCUT2D eigenvalue weighted by Gasteiger charge is -2.23. The standard InChI is InChI=1S/C9H17N5O/c1-5-6(10)7(14(4)13-5)12-9(2,3)8(11)15/h12H,10H2,1-4H3,(H2,11,15). The molecule has 0 spiro atoms. The molecule has 1 amide bonds. The average molecular weight is 211 g/mol. The highest BCUT2D eigenvalue weighted by Crippen LogP contribution is 2.24. The predicted octanol–water partition coefficient (Wildman–Crippen LogP) is -0.0135. The second-order valence-electron chi connectivity index (χ2n) is 4.09. The van der Waals surface area contributed by atoms with Gasteiger partial charge in [-0.2, -0.15) is 5.10 Å². The van der Waals surface area contributed by atoms with E-state index in [4.69, 9.17) is 11.5 Å². The van der Waals surface area contributed by atoms with Crippen LogP contribution in [0.15, 0.2) is 0 Å². The largest absolute Gasteiger partial charge is 0.394 e. The maximum atomic E-state index is 11.1. The van der Waals surface area contributed by atoms with Gasteiger partial charge in [-0.3, -0.25) is 9.48 Å². The van der Waals surface area contributed by atoms with E-state index in [-0.39, 0.29) is 0 Å². The lowest BCUT2D eigenvalue weighted by atomic mass is 10.1. The van der Waals surface area contributed by atoms with Gasteiger partial charge in [0.05, 0.1) is 11.4 Å². The summed E-state index contributed by atoms with van der Waals surface area (Å²) in [4.78, 5) is 11.1. The number of aromatic nitrogens is 2. The Hall–Kier alpha value is -1.72. The number of nitrogens with two attached hydrogens (primary N) is 2. The number of hydrogen-bond donors (Lipinski definition) is 3. The van der Waals surface area contributed by atoms with E-state index in [1.165, 1.54) is 0 Å². The van der Waals surface area contributed by atoms with Gasteiger partial charge in [0.2, 0.25) is 5.91 Å². The van der Waals surface area contributed by atoms with E-state index in [1.807, 2.05) is 0 Å². The van der Waals surface area contributed by atoms with Gasteiger partial charge in [0.15, 0.2) is 0 Å². The van der Waals surface area contributed by atoms with Crippen LogP contribution >= 0.6 is 0 Å². The zero-order chi connectivity index (χ0) is 11.8. The van der Waals surface area contributed by atoms with Gasteiger partial charge >= 0.3 is 0 Å². The summed E-state index contributed by atoms with van der Waals surface area (Å²) in [6.45, 7) is 5.19. The summed E-state index contributed by atoms with van der Waals surface area (Å²) in [5.41, 5.74) is 11.5. The van der Waals surface area contributed by atoms with Crippen LogP contribution in [0.2, 0.25) is 0 Å². The van der Waals surface area contributed by atoms with Crippen molar-refractivity contribution >= 4 is 17.4 Å². The molecule has 0 fully saturated rings. The third kappa shape index (κ3) is 2.03. The summed E-state index contributed by atoms with van der Waals surface area (Å²) in [7, 11) is 1.75. The fourth-order valence-corrected chi connectivity index (χ4v) is 1.18. The number of primary amides is 1. The van der Waals surface area contributed by atoms with Gasteiger partial charge in [-0.25, -0.2) is 0 Å². The van der Waals surface area contributed by atoms with Crippen molar-refractivity contribution in [2.75, 3.05) is 11.1 Å². The van der Waals surface area contributed by atoms with Crippen molar-refractivity contribution < 1.29 is 4.79 Å². The molecule has 84 valence electrons. The lowest BCUT2D eigenvalue weighted by molar-refractivity contribution is -0.121. The molecule has 1 rings (SSSR count). The zero-order valence-electron chi connectivity index (χ0n) is 9.46. The molecule has 0 aromatic carbocycles. The Morgan fingerprint density at radius 2 is 2.07 bits per heavy atom. The quantitative estimate of drug-likeness (QED) is 0.654. The third-order valence-corrected chi connectivity index (χ3v) is 2.32. The molecule has 0 saturated heterocycles. The highest BCUT2D eigenvalue weighted by Gasteiger charge is 2.27. The first-order valence-electron chi connectivity index (χ1n) is 4.63. The molecule has 0 bridgehead atoms. The maximum Gasteiger partial charge on any atom is 0.242 e. The van der Waals surface area contributed by atoms with Crippen molar-refractivity contribution in [3.05, 3.63) is 5.69 Å². The second-order valence-corrected chi connectivity index (χ2v) is 4.09. The Balaban J connectivity index is 3.04. The molecule has 0 saturated carbocycles. The smallest absolute Gasteiger partial charge is 0.242 e. The highest BCUT2D eigenvalue weighted by molar-refractivity contribution is 5.87. The average Bonchev–Trinajstić information content (AvgIpc) is 2.32. The maximum absolute atomic E-state index is 11.1. The first-order chi connectivity index (χ1) is 6.75. The van der Waals surface area contributed by atoms with E-state index in [9.17, 15) is 4.79 Å². The Kier molecular flexibility index (Phi) is 2.61. The number of aryl methyl sites for hydroxylation is 2. The van der Waals surface area contributed by atoms with Crippen molar-refractivity contribution in [1.82, 2.24) is 9.78 Å². The highest BCUT2D eigenvalue weighted by atomic mass is 16.1. The molecule has 0 unspecified atom stereocenters. The minimum Gasteiger partial charge on any atom is -0.394 e. The monoisotopic (exact) mass is 211 g/mol. The van der Waals surface area contributed by atoms with Crippen LogP contribution in [0.5, 0.6) is 0 Å². The van der Waals surface area contributed by atoms with Crippen LogP contribution in [-0.2, 0) is 11.8 Å². The molecule has 0 aliphatic carbocycles. The van der Waals surface area contributed by atoms with Crippen molar-refractivity contribution in [3.63, 3.8) is 0 Å². The van der Waals surface area contributed by atoms with Gasteiger partial charge < -0.3 is 16.8 Å². The summed E-state index contributed by atoms with van der Waals surface area (Å²) in [6.07, 6.45) is 0. The summed E-state index contributed by atoms with van der Waals surface area (Å²) in [5.74, 6) is 0.164. The van der Waals surface area contributed by atoms with Crippen LogP contribution in [0.3, 0.4) is 0 Å². The minimum absolute atomic E-state index is 0.444. The molecule has 0 atom stereocenters. The number of carbonyl (C=O) groups excluding carboxylic acids is 1. The molecule has 0 aliphatic rings. The first kappa shape index (κ1) is 11.4. The zero-order valence-corrected chi connectivity index (χ0v) is 9.46. The molecular formula is C9H17N5O. The predicted molar refractivity (Wildman–Crippen MR) is 59.3 cm³/mol. The summed E-state index contributed by atoms with van der Waals surface area (Å²) in [6, 6.07) is 0. The molecule has 6 nitrogen and oxygen atoms in total. The molecule has 1 heterocycles. The van der Waals surface area contributed by atoms with Crippen molar-refractivity contribution in [2.24, 2.45) is 12.8 Å². The fourth-order valence-electron chi connectivity index (χ4n) is 1.18. The molecule has 6 heteroatoms. The fraction of sp³-hybridized carbons (Fsp3) is 0.556.